The van der Waals surface area contributed by atoms with Crippen LogP contribution in [-0.2, 0) is 0 Å². The van der Waals surface area contributed by atoms with Crippen molar-refractivity contribution in [3.8, 4) is 11.5 Å². The highest BCUT2D eigenvalue weighted by Crippen LogP contribution is 2.30. The van der Waals surface area contributed by atoms with Crippen LogP contribution in [0.4, 0.5) is 17.1 Å². The highest BCUT2D eigenvalue weighted by molar-refractivity contribution is 6.05. The number of anilines is 3. The van der Waals surface area contributed by atoms with E-state index in [0.29, 0.717) is 28.4 Å². The van der Waals surface area contributed by atoms with Crippen LogP contribution in [0.1, 0.15) is 23.2 Å². The van der Waals surface area contributed by atoms with Crippen LogP contribution in [0.15, 0.2) is 36.4 Å². The Bertz CT molecular complexity index is 748. The Morgan fingerprint density at radius 3 is 2.24 bits per heavy atom. The summed E-state index contributed by atoms with van der Waals surface area (Å²) in [6.07, 6.45) is 2.38. The van der Waals surface area contributed by atoms with Crippen LogP contribution in [0.3, 0.4) is 0 Å². The average Bonchev–Trinajstić information content (AvgIpc) is 3.15. The molecule has 0 saturated carbocycles. The molecule has 0 aromatic heterocycles. The molecular formula is C19H23N3O3. The van der Waals surface area contributed by atoms with E-state index < -0.39 is 0 Å². The summed E-state index contributed by atoms with van der Waals surface area (Å²) in [5.74, 6) is 0.882. The molecule has 1 aliphatic heterocycles. The van der Waals surface area contributed by atoms with Gasteiger partial charge < -0.3 is 25.4 Å². The van der Waals surface area contributed by atoms with E-state index in [1.54, 1.807) is 38.5 Å². The van der Waals surface area contributed by atoms with Gasteiger partial charge in [0.25, 0.3) is 5.91 Å². The molecule has 3 N–H and O–H groups in total. The van der Waals surface area contributed by atoms with Crippen molar-refractivity contribution in [1.29, 1.82) is 0 Å². The fraction of sp³-hybridized carbons (Fsp3) is 0.316. The van der Waals surface area contributed by atoms with Crippen LogP contribution in [0, 0.1) is 0 Å². The maximum absolute atomic E-state index is 12.5. The molecule has 0 aliphatic carbocycles. The van der Waals surface area contributed by atoms with E-state index in [4.69, 9.17) is 15.2 Å². The molecule has 1 saturated heterocycles. The second kappa shape index (κ2) is 7.34. The molecule has 2 aromatic carbocycles. The van der Waals surface area contributed by atoms with Crippen molar-refractivity contribution in [2.45, 2.75) is 12.8 Å². The number of nitrogen functional groups attached to an aromatic ring is 1. The number of nitrogens with one attached hydrogen (secondary N) is 1. The second-order valence-corrected chi connectivity index (χ2v) is 6.02. The number of carbonyl (C=O) groups is 1. The van der Waals surface area contributed by atoms with Crippen molar-refractivity contribution in [3.05, 3.63) is 42.0 Å². The highest BCUT2D eigenvalue weighted by Gasteiger charge is 2.16. The smallest absolute Gasteiger partial charge is 0.255 e. The number of nitrogens with two attached hydrogens (primary N) is 1. The minimum atomic E-state index is -0.245. The van der Waals surface area contributed by atoms with Crippen molar-refractivity contribution in [2.24, 2.45) is 0 Å². The third kappa shape index (κ3) is 3.79. The SMILES string of the molecule is COc1cc(OC)cc(C(=O)Nc2ccc(N3CCCC3)c(N)c2)c1. The van der Waals surface area contributed by atoms with Gasteiger partial charge in [0.1, 0.15) is 11.5 Å². The molecule has 132 valence electrons. The van der Waals surface area contributed by atoms with Gasteiger partial charge in [0.15, 0.2) is 0 Å². The lowest BCUT2D eigenvalue weighted by molar-refractivity contribution is 0.102. The van der Waals surface area contributed by atoms with Gasteiger partial charge in [-0.1, -0.05) is 0 Å². The van der Waals surface area contributed by atoms with E-state index in [9.17, 15) is 4.79 Å². The van der Waals surface area contributed by atoms with Gasteiger partial charge in [-0.3, -0.25) is 4.79 Å². The van der Waals surface area contributed by atoms with E-state index >= 15 is 0 Å². The lowest BCUT2D eigenvalue weighted by Gasteiger charge is -2.20. The van der Waals surface area contributed by atoms with Crippen molar-refractivity contribution >= 4 is 23.0 Å². The normalized spacial score (nSPS) is 13.6. The monoisotopic (exact) mass is 341 g/mol. The number of carbonyl (C=O) groups excluding carboxylic acids is 1. The molecular weight excluding hydrogens is 318 g/mol. The average molecular weight is 341 g/mol. The summed E-state index contributed by atoms with van der Waals surface area (Å²) in [4.78, 5) is 14.8. The Hall–Kier alpha value is -2.89. The fourth-order valence-electron chi connectivity index (χ4n) is 3.02. The molecule has 0 unspecified atom stereocenters. The van der Waals surface area contributed by atoms with E-state index in [-0.39, 0.29) is 5.91 Å². The number of methoxy groups -OCH3 is 2. The quantitative estimate of drug-likeness (QED) is 0.817. The van der Waals surface area contributed by atoms with E-state index in [2.05, 4.69) is 10.2 Å². The molecule has 0 atom stereocenters. The third-order valence-electron chi connectivity index (χ3n) is 4.35. The van der Waals surface area contributed by atoms with Crippen molar-refractivity contribution < 1.29 is 14.3 Å². The number of benzene rings is 2. The summed E-state index contributed by atoms with van der Waals surface area (Å²) in [5.41, 5.74) is 8.99. The topological polar surface area (TPSA) is 76.8 Å². The van der Waals surface area contributed by atoms with E-state index in [0.717, 1.165) is 18.8 Å². The van der Waals surface area contributed by atoms with Gasteiger partial charge in [0.2, 0.25) is 0 Å². The summed E-state index contributed by atoms with van der Waals surface area (Å²) in [6.45, 7) is 2.05. The molecule has 1 amide bonds. The standard InChI is InChI=1S/C19H23N3O3/c1-24-15-9-13(10-16(12-15)25-2)19(23)21-14-5-6-18(17(20)11-14)22-7-3-4-8-22/h5-6,9-12H,3-4,7-8,20H2,1-2H3,(H,21,23). The maximum atomic E-state index is 12.5. The van der Waals surface area contributed by atoms with E-state index in [1.807, 2.05) is 12.1 Å². The minimum absolute atomic E-state index is 0.245. The molecule has 0 spiro atoms. The maximum Gasteiger partial charge on any atom is 0.255 e. The lowest BCUT2D eigenvalue weighted by Crippen LogP contribution is -2.19. The number of amides is 1. The molecule has 6 nitrogen and oxygen atoms in total. The van der Waals surface area contributed by atoms with Crippen molar-refractivity contribution in [3.63, 3.8) is 0 Å². The zero-order valence-corrected chi connectivity index (χ0v) is 14.5. The van der Waals surface area contributed by atoms with Gasteiger partial charge in [-0.25, -0.2) is 0 Å². The summed E-state index contributed by atoms with van der Waals surface area (Å²) in [5, 5.41) is 2.87. The first-order chi connectivity index (χ1) is 12.1. The minimum Gasteiger partial charge on any atom is -0.497 e. The predicted molar refractivity (Wildman–Crippen MR) is 99.8 cm³/mol. The Morgan fingerprint density at radius 1 is 1.04 bits per heavy atom. The van der Waals surface area contributed by atoms with Crippen LogP contribution in [-0.4, -0.2) is 33.2 Å². The zero-order valence-electron chi connectivity index (χ0n) is 14.5. The van der Waals surface area contributed by atoms with Crippen LogP contribution < -0.4 is 25.4 Å². The number of rotatable bonds is 5. The van der Waals surface area contributed by atoms with Gasteiger partial charge in [0.05, 0.1) is 25.6 Å². The molecule has 1 heterocycles. The summed E-state index contributed by atoms with van der Waals surface area (Å²) >= 11 is 0. The van der Waals surface area contributed by atoms with Gasteiger partial charge in [0, 0.05) is 30.4 Å². The third-order valence-corrected chi connectivity index (χ3v) is 4.35. The summed E-state index contributed by atoms with van der Waals surface area (Å²) in [7, 11) is 3.10. The molecule has 0 radical (unpaired) electrons. The Labute approximate surface area is 147 Å². The first kappa shape index (κ1) is 17.0. The Balaban J connectivity index is 1.78. The molecule has 1 aliphatic rings. The summed E-state index contributed by atoms with van der Waals surface area (Å²) < 4.78 is 10.4. The first-order valence-electron chi connectivity index (χ1n) is 8.29. The molecule has 0 bridgehead atoms. The largest absolute Gasteiger partial charge is 0.497 e. The van der Waals surface area contributed by atoms with Crippen LogP contribution >= 0.6 is 0 Å². The molecule has 6 heteroatoms. The van der Waals surface area contributed by atoms with Crippen LogP contribution in [0.25, 0.3) is 0 Å². The van der Waals surface area contributed by atoms with Crippen LogP contribution in [0.5, 0.6) is 11.5 Å². The molecule has 2 aromatic rings. The zero-order chi connectivity index (χ0) is 17.8. The summed E-state index contributed by atoms with van der Waals surface area (Å²) in [6, 6.07) is 10.7. The number of hydrogen-bond donors (Lipinski definition) is 2. The number of ether oxygens (including phenoxy) is 2. The lowest BCUT2D eigenvalue weighted by atomic mass is 10.1. The fourth-order valence-corrected chi connectivity index (χ4v) is 3.02. The number of nitrogens with zero attached hydrogens (tertiary/aromatic N) is 1. The van der Waals surface area contributed by atoms with Gasteiger partial charge >= 0.3 is 0 Å². The van der Waals surface area contributed by atoms with E-state index in [1.165, 1.54) is 12.8 Å². The highest BCUT2D eigenvalue weighted by atomic mass is 16.5. The first-order valence-corrected chi connectivity index (χ1v) is 8.29. The van der Waals surface area contributed by atoms with Crippen LogP contribution in [0.2, 0.25) is 0 Å². The molecule has 3 rings (SSSR count). The van der Waals surface area contributed by atoms with Crippen molar-refractivity contribution in [2.75, 3.05) is 43.3 Å². The van der Waals surface area contributed by atoms with Crippen molar-refractivity contribution in [1.82, 2.24) is 0 Å². The second-order valence-electron chi connectivity index (χ2n) is 6.02. The van der Waals surface area contributed by atoms with Gasteiger partial charge in [-0.15, -0.1) is 0 Å². The molecule has 25 heavy (non-hydrogen) atoms. The molecule has 1 fully saturated rings. The number of hydrogen-bond acceptors (Lipinski definition) is 5. The Morgan fingerprint density at radius 2 is 1.68 bits per heavy atom. The van der Waals surface area contributed by atoms with Gasteiger partial charge in [-0.05, 0) is 43.2 Å². The predicted octanol–water partition coefficient (Wildman–Crippen LogP) is 3.14. The Kier molecular flexibility index (Phi) is 4.97. The van der Waals surface area contributed by atoms with Gasteiger partial charge in [-0.2, -0.15) is 0 Å².